The fourth-order valence-electron chi connectivity index (χ4n) is 2.36. The van der Waals surface area contributed by atoms with Crippen LogP contribution in [0.15, 0.2) is 46.0 Å². The Morgan fingerprint density at radius 3 is 2.48 bits per heavy atom. The van der Waals surface area contributed by atoms with Crippen molar-refractivity contribution in [3.63, 3.8) is 0 Å². The second-order valence-electron chi connectivity index (χ2n) is 7.04. The number of nitro benzene ring substituents is 1. The van der Waals surface area contributed by atoms with Crippen LogP contribution in [0.3, 0.4) is 0 Å². The van der Waals surface area contributed by atoms with Crippen LogP contribution in [-0.2, 0) is 16.6 Å². The number of amides is 1. The van der Waals surface area contributed by atoms with E-state index in [1.165, 1.54) is 17.7 Å². The highest BCUT2D eigenvalue weighted by Gasteiger charge is 2.17. The molecule has 0 aliphatic rings. The van der Waals surface area contributed by atoms with Crippen molar-refractivity contribution in [3.8, 4) is 5.75 Å². The van der Waals surface area contributed by atoms with Gasteiger partial charge in [-0.25, -0.2) is 5.43 Å². The summed E-state index contributed by atoms with van der Waals surface area (Å²) in [6.07, 6.45) is 1.31. The number of carbonyl (C=O) groups excluding carboxylic acids is 1. The number of rotatable bonds is 5. The van der Waals surface area contributed by atoms with Crippen LogP contribution in [0.5, 0.6) is 5.75 Å². The highest BCUT2D eigenvalue weighted by atomic mass is 79.9. The Morgan fingerprint density at radius 1 is 1.30 bits per heavy atom. The summed E-state index contributed by atoms with van der Waals surface area (Å²) in [5.41, 5.74) is 4.09. The first kappa shape index (κ1) is 20.6. The van der Waals surface area contributed by atoms with Gasteiger partial charge in [-0.3, -0.25) is 14.9 Å². The molecule has 0 aromatic heterocycles. The van der Waals surface area contributed by atoms with Gasteiger partial charge in [0.25, 0.3) is 0 Å². The zero-order valence-electron chi connectivity index (χ0n) is 15.2. The number of hydrazone groups is 1. The molecule has 2 aromatic carbocycles. The highest BCUT2D eigenvalue weighted by Crippen LogP contribution is 2.32. The molecular weight excluding hydrogens is 414 g/mol. The number of benzene rings is 2. The van der Waals surface area contributed by atoms with E-state index in [1.54, 1.807) is 0 Å². The summed E-state index contributed by atoms with van der Waals surface area (Å²) in [6, 6.07) is 10.4. The zero-order valence-corrected chi connectivity index (χ0v) is 16.8. The molecule has 0 unspecified atom stereocenters. The van der Waals surface area contributed by atoms with Crippen molar-refractivity contribution in [3.05, 3.63) is 67.7 Å². The van der Waals surface area contributed by atoms with Crippen LogP contribution in [-0.4, -0.2) is 22.2 Å². The normalized spacial score (nSPS) is 11.6. The number of hydrogen-bond acceptors (Lipinski definition) is 5. The van der Waals surface area contributed by atoms with Gasteiger partial charge in [-0.05, 0) is 22.6 Å². The highest BCUT2D eigenvalue weighted by molar-refractivity contribution is 9.10. The van der Waals surface area contributed by atoms with Crippen molar-refractivity contribution < 1.29 is 14.8 Å². The van der Waals surface area contributed by atoms with Crippen LogP contribution in [0.1, 0.15) is 37.5 Å². The van der Waals surface area contributed by atoms with Gasteiger partial charge >= 0.3 is 5.69 Å². The molecule has 2 rings (SSSR count). The van der Waals surface area contributed by atoms with E-state index >= 15 is 0 Å². The van der Waals surface area contributed by atoms with E-state index < -0.39 is 16.4 Å². The molecule has 142 valence electrons. The third-order valence-corrected chi connectivity index (χ3v) is 4.32. The molecule has 0 saturated carbocycles. The fourth-order valence-corrected chi connectivity index (χ4v) is 2.83. The van der Waals surface area contributed by atoms with Crippen LogP contribution in [0.25, 0.3) is 0 Å². The summed E-state index contributed by atoms with van der Waals surface area (Å²) in [5, 5.41) is 24.6. The second-order valence-corrected chi connectivity index (χ2v) is 7.95. The standard InChI is InChI=1S/C19H20BrN3O4/c1-19(2,3)14-6-4-12(5-7-14)8-17(24)22-21-11-13-9-15(20)10-16(18(13)25)23(26)27/h4-7,9-11,25H,8H2,1-3H3,(H,22,24)/b21-11+. The third-order valence-electron chi connectivity index (χ3n) is 3.86. The minimum absolute atomic E-state index is 0.0413. The average molecular weight is 434 g/mol. The lowest BCUT2D eigenvalue weighted by molar-refractivity contribution is -0.385. The van der Waals surface area contributed by atoms with Gasteiger partial charge < -0.3 is 5.11 Å². The van der Waals surface area contributed by atoms with Crippen molar-refractivity contribution in [1.29, 1.82) is 0 Å². The van der Waals surface area contributed by atoms with Gasteiger partial charge in [-0.15, -0.1) is 0 Å². The van der Waals surface area contributed by atoms with E-state index in [2.05, 4.69) is 47.2 Å². The van der Waals surface area contributed by atoms with Gasteiger partial charge in [0.05, 0.1) is 17.6 Å². The smallest absolute Gasteiger partial charge is 0.312 e. The summed E-state index contributed by atoms with van der Waals surface area (Å²) in [7, 11) is 0. The SMILES string of the molecule is CC(C)(C)c1ccc(CC(=O)N/N=C/c2cc(Br)cc([N+](=O)[O-])c2O)cc1. The van der Waals surface area contributed by atoms with Gasteiger partial charge in [-0.2, -0.15) is 5.10 Å². The Balaban J connectivity index is 2.02. The van der Waals surface area contributed by atoms with Crippen molar-refractivity contribution in [2.75, 3.05) is 0 Å². The Morgan fingerprint density at radius 2 is 1.93 bits per heavy atom. The fraction of sp³-hybridized carbons (Fsp3) is 0.263. The van der Waals surface area contributed by atoms with Crippen molar-refractivity contribution in [2.45, 2.75) is 32.6 Å². The summed E-state index contributed by atoms with van der Waals surface area (Å²) in [5.74, 6) is -0.849. The van der Waals surface area contributed by atoms with Gasteiger partial charge in [0.15, 0.2) is 0 Å². The van der Waals surface area contributed by atoms with Gasteiger partial charge in [0.1, 0.15) is 0 Å². The lowest BCUT2D eigenvalue weighted by Gasteiger charge is -2.19. The van der Waals surface area contributed by atoms with E-state index in [4.69, 9.17) is 0 Å². The number of nitrogens with one attached hydrogen (secondary N) is 1. The summed E-state index contributed by atoms with van der Waals surface area (Å²) >= 11 is 3.14. The van der Waals surface area contributed by atoms with E-state index in [0.29, 0.717) is 4.47 Å². The number of carbonyl (C=O) groups is 1. The number of phenolic OH excluding ortho intramolecular Hbond substituents is 1. The Hall–Kier alpha value is -2.74. The number of hydrogen-bond donors (Lipinski definition) is 2. The first-order valence-electron chi connectivity index (χ1n) is 8.16. The lowest BCUT2D eigenvalue weighted by atomic mass is 9.86. The molecule has 0 spiro atoms. The minimum Gasteiger partial charge on any atom is -0.502 e. The summed E-state index contributed by atoms with van der Waals surface area (Å²) in [4.78, 5) is 22.2. The molecule has 0 heterocycles. The molecule has 2 aromatic rings. The van der Waals surface area contributed by atoms with E-state index in [-0.39, 0.29) is 23.3 Å². The minimum atomic E-state index is -0.697. The maximum atomic E-state index is 12.0. The van der Waals surface area contributed by atoms with E-state index in [9.17, 15) is 20.0 Å². The maximum absolute atomic E-state index is 12.0. The van der Waals surface area contributed by atoms with Gasteiger partial charge in [0, 0.05) is 16.1 Å². The maximum Gasteiger partial charge on any atom is 0.312 e. The van der Waals surface area contributed by atoms with Crippen LogP contribution < -0.4 is 5.43 Å². The molecule has 0 aliphatic carbocycles. The number of halogens is 1. The average Bonchev–Trinajstić information content (AvgIpc) is 2.57. The molecule has 0 radical (unpaired) electrons. The molecule has 8 heteroatoms. The summed E-state index contributed by atoms with van der Waals surface area (Å²) < 4.78 is 0.415. The molecule has 0 fully saturated rings. The lowest BCUT2D eigenvalue weighted by Crippen LogP contribution is -2.20. The molecule has 0 bridgehead atoms. The van der Waals surface area contributed by atoms with Crippen LogP contribution in [0, 0.1) is 10.1 Å². The van der Waals surface area contributed by atoms with Crippen LogP contribution in [0.4, 0.5) is 5.69 Å². The topological polar surface area (TPSA) is 105 Å². The van der Waals surface area contributed by atoms with E-state index in [0.717, 1.165) is 11.8 Å². The van der Waals surface area contributed by atoms with E-state index in [1.807, 2.05) is 24.3 Å². The van der Waals surface area contributed by atoms with Crippen molar-refractivity contribution in [2.24, 2.45) is 5.10 Å². The molecule has 1 amide bonds. The molecule has 0 atom stereocenters. The number of nitro groups is 1. The zero-order chi connectivity index (χ0) is 20.2. The largest absolute Gasteiger partial charge is 0.502 e. The quantitative estimate of drug-likeness (QED) is 0.421. The summed E-state index contributed by atoms with van der Waals surface area (Å²) in [6.45, 7) is 6.35. The molecule has 27 heavy (non-hydrogen) atoms. The number of nitrogens with zero attached hydrogens (tertiary/aromatic N) is 2. The van der Waals surface area contributed by atoms with Gasteiger partial charge in [0.2, 0.25) is 11.7 Å². The predicted octanol–water partition coefficient (Wildman–Crippen LogP) is 4.05. The predicted molar refractivity (Wildman–Crippen MR) is 107 cm³/mol. The molecular formula is C19H20BrN3O4. The first-order chi connectivity index (χ1) is 12.6. The van der Waals surface area contributed by atoms with Crippen molar-refractivity contribution in [1.82, 2.24) is 5.43 Å². The molecule has 2 N–H and O–H groups in total. The molecule has 0 aliphatic heterocycles. The van der Waals surface area contributed by atoms with Gasteiger partial charge in [-0.1, -0.05) is 61.0 Å². The Bertz CT molecular complexity index is 887. The third kappa shape index (κ3) is 5.62. The molecule has 0 saturated heterocycles. The monoisotopic (exact) mass is 433 g/mol. The number of phenols is 1. The second kappa shape index (κ2) is 8.30. The Kier molecular flexibility index (Phi) is 6.32. The van der Waals surface area contributed by atoms with Crippen molar-refractivity contribution >= 4 is 33.7 Å². The Labute approximate surface area is 165 Å². The van der Waals surface area contributed by atoms with Crippen LogP contribution >= 0.6 is 15.9 Å². The molecule has 7 nitrogen and oxygen atoms in total. The first-order valence-corrected chi connectivity index (χ1v) is 8.95. The number of aromatic hydroxyl groups is 1. The van der Waals surface area contributed by atoms with Crippen LogP contribution in [0.2, 0.25) is 0 Å².